The number of fused-ring (bicyclic) bond motifs is 1. The summed E-state index contributed by atoms with van der Waals surface area (Å²) in [7, 11) is 1.47. The molecule has 1 spiro atoms. The number of hydrogen-bond donors (Lipinski definition) is 0. The van der Waals surface area contributed by atoms with Crippen LogP contribution in [0.25, 0.3) is 0 Å². The van der Waals surface area contributed by atoms with Crippen LogP contribution in [-0.4, -0.2) is 43.3 Å². The van der Waals surface area contributed by atoms with Crippen LogP contribution in [0.4, 0.5) is 10.5 Å². The van der Waals surface area contributed by atoms with Crippen LogP contribution in [0.2, 0.25) is 0 Å². The molecule has 4 rings (SSSR count). The number of benzene rings is 1. The molecule has 4 nitrogen and oxygen atoms in total. The topological polar surface area (TPSA) is 32.8 Å². The largest absolute Gasteiger partial charge is 0.452 e. The molecular weight excluding hydrogens is 427 g/mol. The number of anilines is 1. The quantitative estimate of drug-likeness (QED) is 0.499. The molecule has 1 aromatic carbocycles. The molecule has 1 amide bonds. The summed E-state index contributed by atoms with van der Waals surface area (Å²) in [6, 6.07) is 8.84. The van der Waals surface area contributed by atoms with Crippen molar-refractivity contribution in [3.8, 4) is 0 Å². The number of rotatable bonds is 2. The first-order chi connectivity index (χ1) is 12.1. The van der Waals surface area contributed by atoms with Crippen molar-refractivity contribution in [3.63, 3.8) is 0 Å². The Kier molecular flexibility index (Phi) is 4.40. The van der Waals surface area contributed by atoms with Gasteiger partial charge in [-0.3, -0.25) is 9.80 Å². The zero-order chi connectivity index (χ0) is 17.6. The van der Waals surface area contributed by atoms with Crippen molar-refractivity contribution < 1.29 is 9.53 Å². The van der Waals surface area contributed by atoms with E-state index in [1.807, 2.05) is 11.0 Å². The second kappa shape index (κ2) is 6.43. The monoisotopic (exact) mass is 450 g/mol. The summed E-state index contributed by atoms with van der Waals surface area (Å²) < 4.78 is 6.50. The number of para-hydroxylation sites is 1. The first-order valence-corrected chi connectivity index (χ1v) is 9.89. The van der Waals surface area contributed by atoms with Gasteiger partial charge in [-0.25, -0.2) is 4.79 Å². The number of likely N-dealkylation sites (tertiary alicyclic amines) is 1. The van der Waals surface area contributed by atoms with Gasteiger partial charge in [-0.15, -0.1) is 0 Å². The second-order valence-corrected chi connectivity index (χ2v) is 8.36. The average Bonchev–Trinajstić information content (AvgIpc) is 3.16. The molecule has 0 aromatic heterocycles. The van der Waals surface area contributed by atoms with Crippen LogP contribution in [-0.2, 0) is 10.2 Å². The zero-order valence-electron chi connectivity index (χ0n) is 14.6. The second-order valence-electron chi connectivity index (χ2n) is 6.98. The highest BCUT2D eigenvalue weighted by Crippen LogP contribution is 2.56. The van der Waals surface area contributed by atoms with Crippen LogP contribution in [0.3, 0.4) is 0 Å². The van der Waals surface area contributed by atoms with Gasteiger partial charge in [0.25, 0.3) is 0 Å². The van der Waals surface area contributed by atoms with Gasteiger partial charge in [-0.05, 0) is 60.5 Å². The molecule has 1 saturated heterocycles. The van der Waals surface area contributed by atoms with Crippen molar-refractivity contribution in [2.75, 3.05) is 25.1 Å². The summed E-state index contributed by atoms with van der Waals surface area (Å²) in [5.41, 5.74) is 2.29. The number of carbonyl (C=O) groups excluding carboxylic acids is 1. The molecular formula is C20H23IN2O2. The fourth-order valence-electron chi connectivity index (χ4n) is 4.99. The van der Waals surface area contributed by atoms with Crippen molar-refractivity contribution in [2.45, 2.75) is 37.3 Å². The molecule has 0 radical (unpaired) electrons. The van der Waals surface area contributed by atoms with E-state index < -0.39 is 0 Å². The van der Waals surface area contributed by atoms with E-state index in [1.165, 1.54) is 16.3 Å². The number of allylic oxidation sites excluding steroid dienone is 1. The molecule has 1 aromatic rings. The lowest BCUT2D eigenvalue weighted by Crippen LogP contribution is -2.54. The Hall–Kier alpha value is -1.34. The normalized spacial score (nSPS) is 30.8. The summed E-state index contributed by atoms with van der Waals surface area (Å²) in [6.07, 6.45) is 8.50. The van der Waals surface area contributed by atoms with Gasteiger partial charge in [-0.1, -0.05) is 36.4 Å². The lowest BCUT2D eigenvalue weighted by atomic mass is 9.67. The van der Waals surface area contributed by atoms with Crippen molar-refractivity contribution >= 4 is 34.4 Å². The van der Waals surface area contributed by atoms with Gasteiger partial charge in [0.2, 0.25) is 0 Å². The number of carbonyl (C=O) groups is 1. The number of halogens is 1. The molecule has 5 heteroatoms. The van der Waals surface area contributed by atoms with Crippen molar-refractivity contribution in [2.24, 2.45) is 0 Å². The zero-order valence-corrected chi connectivity index (χ0v) is 16.8. The molecule has 0 N–H and O–H groups in total. The molecule has 25 heavy (non-hydrogen) atoms. The smallest absolute Gasteiger partial charge is 0.414 e. The highest BCUT2D eigenvalue weighted by molar-refractivity contribution is 14.1. The molecule has 0 unspecified atom stereocenters. The van der Waals surface area contributed by atoms with Crippen LogP contribution in [0, 0.1) is 0 Å². The van der Waals surface area contributed by atoms with Crippen LogP contribution in [0.1, 0.15) is 25.3 Å². The summed E-state index contributed by atoms with van der Waals surface area (Å²) >= 11 is 2.43. The third kappa shape index (κ3) is 2.39. The number of ether oxygens (including phenoxy) is 1. The lowest BCUT2D eigenvalue weighted by Gasteiger charge is -2.42. The summed E-state index contributed by atoms with van der Waals surface area (Å²) in [4.78, 5) is 17.0. The molecule has 132 valence electrons. The van der Waals surface area contributed by atoms with Crippen LogP contribution in [0.15, 0.2) is 46.1 Å². The van der Waals surface area contributed by atoms with E-state index in [2.05, 4.69) is 70.8 Å². The van der Waals surface area contributed by atoms with Crippen LogP contribution in [0.5, 0.6) is 0 Å². The van der Waals surface area contributed by atoms with Gasteiger partial charge in [0, 0.05) is 21.6 Å². The molecule has 1 fully saturated rings. The minimum Gasteiger partial charge on any atom is -0.452 e. The predicted molar refractivity (Wildman–Crippen MR) is 108 cm³/mol. The first kappa shape index (κ1) is 17.1. The Labute approximate surface area is 162 Å². The Bertz CT molecular complexity index is 760. The number of hydrogen-bond acceptors (Lipinski definition) is 3. The maximum Gasteiger partial charge on any atom is 0.414 e. The van der Waals surface area contributed by atoms with E-state index in [0.29, 0.717) is 6.04 Å². The number of amides is 1. The Morgan fingerprint density at radius 1 is 1.44 bits per heavy atom. The highest BCUT2D eigenvalue weighted by Gasteiger charge is 2.61. The predicted octanol–water partition coefficient (Wildman–Crippen LogP) is 4.25. The van der Waals surface area contributed by atoms with Crippen molar-refractivity contribution in [1.82, 2.24) is 4.90 Å². The highest BCUT2D eigenvalue weighted by atomic mass is 127. The molecule has 0 bridgehead atoms. The fraction of sp³-hybridized carbons (Fsp3) is 0.450. The minimum atomic E-state index is -0.263. The number of nitrogens with zero attached hydrogens (tertiary/aromatic N) is 2. The minimum absolute atomic E-state index is 0.0236. The van der Waals surface area contributed by atoms with Gasteiger partial charge < -0.3 is 4.74 Å². The number of methoxy groups -OCH3 is 1. The lowest BCUT2D eigenvalue weighted by molar-refractivity contribution is 0.169. The molecule has 3 atom stereocenters. The van der Waals surface area contributed by atoms with E-state index in [9.17, 15) is 4.79 Å². The Balaban J connectivity index is 1.82. The SMILES string of the molecule is C/C=C(\I)CN1CC[C@]23c4ccccc4N(C(=O)OC)[C@H]2C=CC[C@H]13. The molecule has 2 aliphatic heterocycles. The summed E-state index contributed by atoms with van der Waals surface area (Å²) in [6.45, 7) is 4.15. The molecule has 2 heterocycles. The van der Waals surface area contributed by atoms with Gasteiger partial charge in [-0.2, -0.15) is 0 Å². The third-order valence-electron chi connectivity index (χ3n) is 6.04. The molecule has 1 aliphatic carbocycles. The van der Waals surface area contributed by atoms with Gasteiger partial charge in [0.15, 0.2) is 0 Å². The fourth-order valence-corrected chi connectivity index (χ4v) is 5.43. The molecule has 0 saturated carbocycles. The Morgan fingerprint density at radius 2 is 2.24 bits per heavy atom. The molecule has 3 aliphatic rings. The summed E-state index contributed by atoms with van der Waals surface area (Å²) in [5, 5.41) is 0. The summed E-state index contributed by atoms with van der Waals surface area (Å²) in [5.74, 6) is 0. The van der Waals surface area contributed by atoms with E-state index >= 15 is 0 Å². The van der Waals surface area contributed by atoms with Crippen LogP contribution >= 0.6 is 22.6 Å². The van der Waals surface area contributed by atoms with Gasteiger partial charge in [0.1, 0.15) is 0 Å². The standard InChI is InChI=1S/C20H23IN2O2/c1-3-14(21)13-22-12-11-20-15-7-4-5-8-16(15)23(19(24)25-2)18(20)10-6-9-17(20)22/h3-8,10,17-18H,9,11-13H2,1-2H3/b14-3-/t17-,18-,20+/m0/s1. The van der Waals surface area contributed by atoms with Crippen molar-refractivity contribution in [3.05, 3.63) is 51.6 Å². The maximum atomic E-state index is 12.6. The van der Waals surface area contributed by atoms with Gasteiger partial charge in [0.05, 0.1) is 18.8 Å². The first-order valence-electron chi connectivity index (χ1n) is 8.81. The third-order valence-corrected chi connectivity index (χ3v) is 7.00. The average molecular weight is 450 g/mol. The van der Waals surface area contributed by atoms with E-state index in [-0.39, 0.29) is 17.6 Å². The Morgan fingerprint density at radius 3 is 3.00 bits per heavy atom. The van der Waals surface area contributed by atoms with E-state index in [0.717, 1.165) is 31.6 Å². The van der Waals surface area contributed by atoms with Crippen LogP contribution < -0.4 is 4.90 Å². The van der Waals surface area contributed by atoms with Gasteiger partial charge >= 0.3 is 6.09 Å². The van der Waals surface area contributed by atoms with Crippen molar-refractivity contribution in [1.29, 1.82) is 0 Å². The maximum absolute atomic E-state index is 12.6. The van der Waals surface area contributed by atoms with E-state index in [1.54, 1.807) is 0 Å². The van der Waals surface area contributed by atoms with E-state index in [4.69, 9.17) is 4.74 Å².